The number of hydrogen-bond donors (Lipinski definition) is 0. The van der Waals surface area contributed by atoms with Crippen molar-refractivity contribution in [3.63, 3.8) is 0 Å². The molecule has 2 aromatic heterocycles. The Kier molecular flexibility index (Phi) is 4.09. The quantitative estimate of drug-likeness (QED) is 0.527. The molecule has 2 aromatic carbocycles. The van der Waals surface area contributed by atoms with Gasteiger partial charge in [0.05, 0.1) is 22.5 Å². The van der Waals surface area contributed by atoms with E-state index in [0.717, 1.165) is 6.26 Å². The fourth-order valence-electron chi connectivity index (χ4n) is 2.73. The maximum absolute atomic E-state index is 12.8. The maximum Gasteiger partial charge on any atom is 0.269 e. The van der Waals surface area contributed by atoms with Crippen LogP contribution < -0.4 is 5.56 Å². The van der Waals surface area contributed by atoms with Gasteiger partial charge in [0.25, 0.3) is 5.56 Å². The lowest BCUT2D eigenvalue weighted by molar-refractivity contribution is 0.601. The summed E-state index contributed by atoms with van der Waals surface area (Å²) < 4.78 is 26.4. The Morgan fingerprint density at radius 3 is 2.48 bits per heavy atom. The van der Waals surface area contributed by atoms with E-state index < -0.39 is 9.84 Å². The Hall–Kier alpha value is -2.97. The monoisotopic (exact) mass is 400 g/mol. The third-order valence-corrected chi connectivity index (χ3v) is 5.45. The first kappa shape index (κ1) is 17.4. The normalized spacial score (nSPS) is 11.8. The molecule has 27 heavy (non-hydrogen) atoms. The molecule has 0 amide bonds. The van der Waals surface area contributed by atoms with E-state index in [1.165, 1.54) is 33.9 Å². The molecule has 0 aliphatic carbocycles. The van der Waals surface area contributed by atoms with Crippen LogP contribution in [-0.2, 0) is 9.84 Å². The summed E-state index contributed by atoms with van der Waals surface area (Å²) in [6.45, 7) is 0. The third kappa shape index (κ3) is 3.13. The Labute approximate surface area is 159 Å². The van der Waals surface area contributed by atoms with Gasteiger partial charge in [-0.05, 0) is 42.5 Å². The van der Waals surface area contributed by atoms with Crippen molar-refractivity contribution in [2.24, 2.45) is 0 Å². The predicted molar refractivity (Wildman–Crippen MR) is 103 cm³/mol. The van der Waals surface area contributed by atoms with Crippen molar-refractivity contribution in [2.45, 2.75) is 4.90 Å². The van der Waals surface area contributed by atoms with Crippen molar-refractivity contribution in [2.75, 3.05) is 6.26 Å². The smallest absolute Gasteiger partial charge is 0.268 e. The number of aromatic nitrogens is 4. The zero-order valence-electron chi connectivity index (χ0n) is 14.1. The van der Waals surface area contributed by atoms with E-state index >= 15 is 0 Å². The number of halogens is 1. The molecular formula is C18H13ClN4O3S. The van der Waals surface area contributed by atoms with Crippen molar-refractivity contribution >= 4 is 32.5 Å². The van der Waals surface area contributed by atoms with E-state index in [0.29, 0.717) is 27.4 Å². The molecular weight excluding hydrogens is 388 g/mol. The van der Waals surface area contributed by atoms with Gasteiger partial charge in [0.15, 0.2) is 15.5 Å². The van der Waals surface area contributed by atoms with Gasteiger partial charge in [-0.2, -0.15) is 5.10 Å². The number of nitrogens with zero attached hydrogens (tertiary/aromatic N) is 4. The molecule has 0 unspecified atom stereocenters. The third-order valence-electron chi connectivity index (χ3n) is 4.08. The van der Waals surface area contributed by atoms with Crippen LogP contribution in [0.5, 0.6) is 0 Å². The summed E-state index contributed by atoms with van der Waals surface area (Å²) >= 11 is 5.89. The highest BCUT2D eigenvalue weighted by molar-refractivity contribution is 7.90. The molecule has 9 heteroatoms. The van der Waals surface area contributed by atoms with Crippen LogP contribution in [0.1, 0.15) is 0 Å². The first-order chi connectivity index (χ1) is 12.8. The molecule has 0 saturated heterocycles. The molecule has 0 N–H and O–H groups in total. The van der Waals surface area contributed by atoms with Gasteiger partial charge in [-0.15, -0.1) is 0 Å². The van der Waals surface area contributed by atoms with Gasteiger partial charge in [0.2, 0.25) is 0 Å². The summed E-state index contributed by atoms with van der Waals surface area (Å²) in [5, 5.41) is 5.11. The molecule has 0 fully saturated rings. The highest BCUT2D eigenvalue weighted by atomic mass is 35.5. The molecule has 4 aromatic rings. The van der Waals surface area contributed by atoms with E-state index in [1.54, 1.807) is 36.4 Å². The number of sulfone groups is 1. The summed E-state index contributed by atoms with van der Waals surface area (Å²) in [6.07, 6.45) is 3.97. The minimum Gasteiger partial charge on any atom is -0.268 e. The van der Waals surface area contributed by atoms with Gasteiger partial charge >= 0.3 is 0 Å². The number of benzene rings is 2. The molecule has 0 spiro atoms. The highest BCUT2D eigenvalue weighted by Gasteiger charge is 2.14. The average molecular weight is 401 g/mol. The van der Waals surface area contributed by atoms with Gasteiger partial charge in [0.1, 0.15) is 11.7 Å². The van der Waals surface area contributed by atoms with Crippen LogP contribution in [0.3, 0.4) is 0 Å². The second-order valence-corrected chi connectivity index (χ2v) is 8.41. The molecule has 0 saturated carbocycles. The minimum atomic E-state index is -3.36. The predicted octanol–water partition coefficient (Wildman–Crippen LogP) is 2.63. The molecule has 0 bridgehead atoms. The van der Waals surface area contributed by atoms with Crippen LogP contribution in [-0.4, -0.2) is 34.0 Å². The molecule has 4 rings (SSSR count). The number of rotatable bonds is 3. The maximum atomic E-state index is 12.8. The Morgan fingerprint density at radius 2 is 1.78 bits per heavy atom. The Bertz CT molecular complexity index is 1320. The molecule has 0 radical (unpaired) electrons. The van der Waals surface area contributed by atoms with Crippen LogP contribution in [0.25, 0.3) is 22.4 Å². The zero-order chi connectivity index (χ0) is 19.2. The molecule has 0 aliphatic rings. The van der Waals surface area contributed by atoms with Crippen molar-refractivity contribution < 1.29 is 8.42 Å². The standard InChI is InChI=1S/C18H13ClN4O3S/c1-27(25,26)15-4-2-3-14(9-15)23-17-16(10-21-23)18(24)22(11-20-17)13-7-5-12(19)6-8-13/h2-11H,1H3. The van der Waals surface area contributed by atoms with Crippen molar-refractivity contribution in [1.29, 1.82) is 0 Å². The van der Waals surface area contributed by atoms with Crippen molar-refractivity contribution in [3.8, 4) is 11.4 Å². The lowest BCUT2D eigenvalue weighted by Gasteiger charge is -2.07. The van der Waals surface area contributed by atoms with Crippen molar-refractivity contribution in [1.82, 2.24) is 19.3 Å². The van der Waals surface area contributed by atoms with Crippen LogP contribution >= 0.6 is 11.6 Å². The lowest BCUT2D eigenvalue weighted by atomic mass is 10.3. The molecule has 0 atom stereocenters. The van der Waals surface area contributed by atoms with Crippen molar-refractivity contribution in [3.05, 3.63) is 76.4 Å². The van der Waals surface area contributed by atoms with E-state index in [2.05, 4.69) is 10.1 Å². The fraction of sp³-hybridized carbons (Fsp3) is 0.0556. The summed E-state index contributed by atoms with van der Waals surface area (Å²) in [6, 6.07) is 13.1. The first-order valence-corrected chi connectivity index (χ1v) is 10.1. The van der Waals surface area contributed by atoms with Crippen LogP contribution in [0.2, 0.25) is 5.02 Å². The van der Waals surface area contributed by atoms with Gasteiger partial charge < -0.3 is 0 Å². The molecule has 136 valence electrons. The van der Waals surface area contributed by atoms with Gasteiger partial charge in [-0.3, -0.25) is 9.36 Å². The van der Waals surface area contributed by atoms with E-state index in [-0.39, 0.29) is 10.5 Å². The zero-order valence-corrected chi connectivity index (χ0v) is 15.6. The van der Waals surface area contributed by atoms with Gasteiger partial charge in [-0.25, -0.2) is 18.1 Å². The molecule has 2 heterocycles. The average Bonchev–Trinajstić information content (AvgIpc) is 3.07. The minimum absolute atomic E-state index is 0.165. The fourth-order valence-corrected chi connectivity index (χ4v) is 3.52. The van der Waals surface area contributed by atoms with Gasteiger partial charge in [-0.1, -0.05) is 17.7 Å². The summed E-state index contributed by atoms with van der Waals surface area (Å²) in [4.78, 5) is 17.3. The van der Waals surface area contributed by atoms with Crippen LogP contribution in [0, 0.1) is 0 Å². The highest BCUT2D eigenvalue weighted by Crippen LogP contribution is 2.18. The van der Waals surface area contributed by atoms with Gasteiger partial charge in [0, 0.05) is 11.3 Å². The Morgan fingerprint density at radius 1 is 1.04 bits per heavy atom. The summed E-state index contributed by atoms with van der Waals surface area (Å²) in [5.74, 6) is 0. The number of fused-ring (bicyclic) bond motifs is 1. The topological polar surface area (TPSA) is 86.9 Å². The molecule has 0 aliphatic heterocycles. The lowest BCUT2D eigenvalue weighted by Crippen LogP contribution is -2.18. The van der Waals surface area contributed by atoms with E-state index in [4.69, 9.17) is 11.6 Å². The first-order valence-electron chi connectivity index (χ1n) is 7.86. The number of hydrogen-bond acceptors (Lipinski definition) is 5. The van der Waals surface area contributed by atoms with Crippen LogP contribution in [0.15, 0.2) is 70.7 Å². The SMILES string of the molecule is CS(=O)(=O)c1cccc(-n2ncc3c(=O)n(-c4ccc(Cl)cc4)cnc32)c1. The second kappa shape index (κ2) is 6.33. The largest absolute Gasteiger partial charge is 0.269 e. The summed E-state index contributed by atoms with van der Waals surface area (Å²) in [5.41, 5.74) is 1.19. The summed E-state index contributed by atoms with van der Waals surface area (Å²) in [7, 11) is -3.36. The molecule has 7 nitrogen and oxygen atoms in total. The van der Waals surface area contributed by atoms with E-state index in [1.807, 2.05) is 0 Å². The second-order valence-electron chi connectivity index (χ2n) is 5.96. The van der Waals surface area contributed by atoms with E-state index in [9.17, 15) is 13.2 Å². The van der Waals surface area contributed by atoms with Crippen LogP contribution in [0.4, 0.5) is 0 Å². The Balaban J connectivity index is 1.88.